The predicted octanol–water partition coefficient (Wildman–Crippen LogP) is 3.56. The smallest absolute Gasteiger partial charge is 0.146 e. The third-order valence-corrected chi connectivity index (χ3v) is 3.96. The predicted molar refractivity (Wildman–Crippen MR) is 76.4 cm³/mol. The summed E-state index contributed by atoms with van der Waals surface area (Å²) >= 11 is 0. The van der Waals surface area contributed by atoms with Gasteiger partial charge in [0.15, 0.2) is 0 Å². The fraction of sp³-hybridized carbons (Fsp3) is 0.600. The Morgan fingerprint density at radius 1 is 1.28 bits per heavy atom. The molecule has 18 heavy (non-hydrogen) atoms. The molecule has 0 spiro atoms. The second-order valence-corrected chi connectivity index (χ2v) is 4.90. The van der Waals surface area contributed by atoms with Gasteiger partial charge in [0.05, 0.1) is 11.2 Å². The topological polar surface area (TPSA) is 29.3 Å². The first kappa shape index (κ1) is 15.0. The molecule has 0 saturated heterocycles. The fourth-order valence-corrected chi connectivity index (χ4v) is 2.45. The average Bonchev–Trinajstić information content (AvgIpc) is 2.41. The highest BCUT2D eigenvalue weighted by atomic mass is 19.1. The molecular weight excluding hydrogens is 227 g/mol. The van der Waals surface area contributed by atoms with E-state index in [9.17, 15) is 4.39 Å². The van der Waals surface area contributed by atoms with Gasteiger partial charge in [-0.15, -0.1) is 0 Å². The molecule has 0 heterocycles. The molecule has 1 rings (SSSR count). The van der Waals surface area contributed by atoms with Gasteiger partial charge in [-0.2, -0.15) is 0 Å². The van der Waals surface area contributed by atoms with Crippen molar-refractivity contribution in [2.24, 2.45) is 5.73 Å². The third-order valence-electron chi connectivity index (χ3n) is 3.96. The van der Waals surface area contributed by atoms with Gasteiger partial charge in [0, 0.05) is 13.6 Å². The Balaban J connectivity index is 3.02. The molecule has 0 aliphatic carbocycles. The molecule has 0 aliphatic rings. The molecular formula is C15H25FN2. The number of benzene rings is 1. The van der Waals surface area contributed by atoms with E-state index in [0.717, 1.165) is 25.7 Å². The number of unbranched alkanes of at least 4 members (excludes halogenated alkanes) is 1. The molecule has 3 heteroatoms. The number of hydrogen-bond donors (Lipinski definition) is 1. The molecule has 0 aliphatic heterocycles. The maximum absolute atomic E-state index is 13.9. The van der Waals surface area contributed by atoms with Crippen LogP contribution in [0.25, 0.3) is 0 Å². The summed E-state index contributed by atoms with van der Waals surface area (Å²) in [6, 6.07) is 6.91. The summed E-state index contributed by atoms with van der Waals surface area (Å²) in [5.41, 5.74) is 6.48. The number of anilines is 1. The largest absolute Gasteiger partial charge is 0.365 e. The van der Waals surface area contributed by atoms with E-state index >= 15 is 0 Å². The molecule has 0 saturated carbocycles. The van der Waals surface area contributed by atoms with Crippen molar-refractivity contribution < 1.29 is 4.39 Å². The van der Waals surface area contributed by atoms with Crippen LogP contribution in [0, 0.1) is 5.82 Å². The van der Waals surface area contributed by atoms with Gasteiger partial charge in [-0.05, 0) is 25.0 Å². The molecule has 2 N–H and O–H groups in total. The molecule has 0 amide bonds. The van der Waals surface area contributed by atoms with Crippen LogP contribution in [-0.4, -0.2) is 19.1 Å². The van der Waals surface area contributed by atoms with Crippen molar-refractivity contribution in [3.63, 3.8) is 0 Å². The zero-order valence-corrected chi connectivity index (χ0v) is 11.7. The number of halogens is 1. The minimum absolute atomic E-state index is 0.141. The summed E-state index contributed by atoms with van der Waals surface area (Å²) in [6.45, 7) is 4.84. The number of hydrogen-bond acceptors (Lipinski definition) is 2. The van der Waals surface area contributed by atoms with Crippen LogP contribution in [0.4, 0.5) is 10.1 Å². The lowest BCUT2D eigenvalue weighted by Crippen LogP contribution is -2.52. The first-order chi connectivity index (χ1) is 8.61. The minimum atomic E-state index is -0.178. The maximum Gasteiger partial charge on any atom is 0.146 e. The SMILES string of the molecule is CCCCC(CC)(CN)N(C)c1ccccc1F. The van der Waals surface area contributed by atoms with Crippen molar-refractivity contribution in [2.75, 3.05) is 18.5 Å². The van der Waals surface area contributed by atoms with Crippen LogP contribution >= 0.6 is 0 Å². The van der Waals surface area contributed by atoms with E-state index in [1.54, 1.807) is 6.07 Å². The Hall–Kier alpha value is -1.09. The minimum Gasteiger partial charge on any atom is -0.365 e. The van der Waals surface area contributed by atoms with Gasteiger partial charge in [0.1, 0.15) is 5.82 Å². The third kappa shape index (κ3) is 3.02. The van der Waals surface area contributed by atoms with Gasteiger partial charge >= 0.3 is 0 Å². The lowest BCUT2D eigenvalue weighted by Gasteiger charge is -2.42. The number of nitrogens with two attached hydrogens (primary N) is 1. The van der Waals surface area contributed by atoms with Crippen molar-refractivity contribution in [3.05, 3.63) is 30.1 Å². The van der Waals surface area contributed by atoms with Crippen LogP contribution in [0.3, 0.4) is 0 Å². The number of nitrogens with zero attached hydrogens (tertiary/aromatic N) is 1. The normalized spacial score (nSPS) is 14.3. The lowest BCUT2D eigenvalue weighted by molar-refractivity contribution is 0.356. The number of likely N-dealkylation sites (N-methyl/N-ethyl adjacent to an activating group) is 1. The van der Waals surface area contributed by atoms with E-state index in [1.807, 2.05) is 24.1 Å². The van der Waals surface area contributed by atoms with Crippen molar-refractivity contribution in [1.29, 1.82) is 0 Å². The highest BCUT2D eigenvalue weighted by Crippen LogP contribution is 2.30. The van der Waals surface area contributed by atoms with Gasteiger partial charge in [0.2, 0.25) is 0 Å². The Bertz CT molecular complexity index is 361. The zero-order chi connectivity index (χ0) is 13.6. The summed E-state index contributed by atoms with van der Waals surface area (Å²) in [5, 5.41) is 0. The highest BCUT2D eigenvalue weighted by Gasteiger charge is 2.32. The lowest BCUT2D eigenvalue weighted by atomic mass is 9.87. The summed E-state index contributed by atoms with van der Waals surface area (Å²) < 4.78 is 13.9. The first-order valence-corrected chi connectivity index (χ1v) is 6.79. The van der Waals surface area contributed by atoms with Gasteiger partial charge in [-0.1, -0.05) is 38.8 Å². The fourth-order valence-electron chi connectivity index (χ4n) is 2.45. The summed E-state index contributed by atoms with van der Waals surface area (Å²) in [4.78, 5) is 2.03. The van der Waals surface area contributed by atoms with E-state index in [1.165, 1.54) is 6.07 Å². The van der Waals surface area contributed by atoms with Crippen LogP contribution in [0.1, 0.15) is 39.5 Å². The molecule has 1 aromatic rings. The Morgan fingerprint density at radius 3 is 2.44 bits per heavy atom. The van der Waals surface area contributed by atoms with Gasteiger partial charge in [-0.3, -0.25) is 0 Å². The average molecular weight is 252 g/mol. The summed E-state index contributed by atoms with van der Waals surface area (Å²) in [6.07, 6.45) is 4.17. The Labute approximate surface area is 110 Å². The molecule has 0 radical (unpaired) electrons. The summed E-state index contributed by atoms with van der Waals surface area (Å²) in [7, 11) is 1.95. The molecule has 0 fully saturated rings. The first-order valence-electron chi connectivity index (χ1n) is 6.79. The summed E-state index contributed by atoms with van der Waals surface area (Å²) in [5.74, 6) is -0.178. The van der Waals surface area contributed by atoms with Crippen molar-refractivity contribution in [3.8, 4) is 0 Å². The number of rotatable bonds is 7. The molecule has 1 unspecified atom stereocenters. The standard InChI is InChI=1S/C15H25FN2/c1-4-6-11-15(5-2,12-17)18(3)14-10-8-7-9-13(14)16/h7-10H,4-6,11-12,17H2,1-3H3. The van der Waals surface area contributed by atoms with Gasteiger partial charge in [0.25, 0.3) is 0 Å². The quantitative estimate of drug-likeness (QED) is 0.804. The van der Waals surface area contributed by atoms with E-state index < -0.39 is 0 Å². The van der Waals surface area contributed by atoms with Crippen LogP contribution in [0.5, 0.6) is 0 Å². The van der Waals surface area contributed by atoms with Crippen molar-refractivity contribution >= 4 is 5.69 Å². The Kier molecular flexibility index (Phi) is 5.60. The van der Waals surface area contributed by atoms with Crippen LogP contribution < -0.4 is 10.6 Å². The van der Waals surface area contributed by atoms with Gasteiger partial charge < -0.3 is 10.6 Å². The molecule has 2 nitrogen and oxygen atoms in total. The van der Waals surface area contributed by atoms with Gasteiger partial charge in [-0.25, -0.2) is 4.39 Å². The van der Waals surface area contributed by atoms with E-state index in [2.05, 4.69) is 13.8 Å². The second kappa shape index (κ2) is 6.74. The molecule has 1 aromatic carbocycles. The highest BCUT2D eigenvalue weighted by molar-refractivity contribution is 5.49. The molecule has 102 valence electrons. The van der Waals surface area contributed by atoms with E-state index in [4.69, 9.17) is 5.73 Å². The van der Waals surface area contributed by atoms with Crippen molar-refractivity contribution in [2.45, 2.75) is 45.1 Å². The molecule has 0 aromatic heterocycles. The Morgan fingerprint density at radius 2 is 1.94 bits per heavy atom. The van der Waals surface area contributed by atoms with Crippen LogP contribution in [0.15, 0.2) is 24.3 Å². The maximum atomic E-state index is 13.9. The van der Waals surface area contributed by atoms with E-state index in [-0.39, 0.29) is 11.4 Å². The van der Waals surface area contributed by atoms with Crippen LogP contribution in [0.2, 0.25) is 0 Å². The van der Waals surface area contributed by atoms with Crippen LogP contribution in [-0.2, 0) is 0 Å². The van der Waals surface area contributed by atoms with Crippen molar-refractivity contribution in [1.82, 2.24) is 0 Å². The zero-order valence-electron chi connectivity index (χ0n) is 11.7. The molecule has 0 bridgehead atoms. The molecule has 1 atom stereocenters. The second-order valence-electron chi connectivity index (χ2n) is 4.90. The monoisotopic (exact) mass is 252 g/mol. The number of para-hydroxylation sites is 1. The van der Waals surface area contributed by atoms with E-state index in [0.29, 0.717) is 12.2 Å².